The summed E-state index contributed by atoms with van der Waals surface area (Å²) in [4.78, 5) is 23.8. The van der Waals surface area contributed by atoms with Crippen molar-refractivity contribution < 1.29 is 18.7 Å². The minimum atomic E-state index is -0.537. The summed E-state index contributed by atoms with van der Waals surface area (Å²) < 4.78 is 11.2. The van der Waals surface area contributed by atoms with E-state index in [0.29, 0.717) is 21.7 Å². The van der Waals surface area contributed by atoms with Crippen LogP contribution in [0, 0.1) is 0 Å². The molecule has 0 fully saturated rings. The summed E-state index contributed by atoms with van der Waals surface area (Å²) >= 11 is 3.15. The van der Waals surface area contributed by atoms with Crippen molar-refractivity contribution >= 4 is 33.3 Å². The summed E-state index contributed by atoms with van der Waals surface area (Å²) in [6, 6.07) is 8.12. The smallest absolute Gasteiger partial charge is 0.265 e. The number of fused-ring (bicyclic) bond motifs is 1. The normalized spacial score (nSPS) is 17.1. The molecular weight excluding hydrogens is 326 g/mol. The van der Waals surface area contributed by atoms with Crippen molar-refractivity contribution in [3.63, 3.8) is 0 Å². The van der Waals surface area contributed by atoms with Gasteiger partial charge in [-0.1, -0.05) is 0 Å². The number of halogens is 1. The Labute approximate surface area is 123 Å². The second-order valence-corrected chi connectivity index (χ2v) is 5.17. The summed E-state index contributed by atoms with van der Waals surface area (Å²) in [5.41, 5.74) is 0.911. The minimum absolute atomic E-state index is 0.230. The van der Waals surface area contributed by atoms with Gasteiger partial charge in [-0.2, -0.15) is 0 Å². The maximum Gasteiger partial charge on any atom is 0.265 e. The van der Waals surface area contributed by atoms with E-state index in [9.17, 15) is 9.59 Å². The Morgan fingerprint density at radius 1 is 1.30 bits per heavy atom. The lowest BCUT2D eigenvalue weighted by molar-refractivity contribution is -0.122. The van der Waals surface area contributed by atoms with Gasteiger partial charge in [-0.15, -0.1) is 0 Å². The average molecular weight is 336 g/mol. The molecule has 0 radical (unpaired) electrons. The van der Waals surface area contributed by atoms with Crippen LogP contribution in [0.15, 0.2) is 39.4 Å². The number of amides is 1. The third kappa shape index (κ3) is 2.22. The molecule has 1 aliphatic heterocycles. The van der Waals surface area contributed by atoms with Gasteiger partial charge >= 0.3 is 0 Å². The predicted octanol–water partition coefficient (Wildman–Crippen LogP) is 2.99. The van der Waals surface area contributed by atoms with Crippen molar-refractivity contribution in [3.05, 3.63) is 46.3 Å². The van der Waals surface area contributed by atoms with Gasteiger partial charge in [-0.3, -0.25) is 9.59 Å². The zero-order valence-corrected chi connectivity index (χ0v) is 12.1. The highest BCUT2D eigenvalue weighted by atomic mass is 79.9. The van der Waals surface area contributed by atoms with Crippen molar-refractivity contribution in [1.82, 2.24) is 0 Å². The van der Waals surface area contributed by atoms with E-state index in [1.807, 2.05) is 0 Å². The predicted molar refractivity (Wildman–Crippen MR) is 75.0 cm³/mol. The van der Waals surface area contributed by atoms with Crippen LogP contribution in [0.3, 0.4) is 0 Å². The molecule has 1 unspecified atom stereocenters. The molecule has 1 aromatic heterocycles. The van der Waals surface area contributed by atoms with Crippen LogP contribution >= 0.6 is 15.9 Å². The first-order chi connectivity index (χ1) is 9.54. The quantitative estimate of drug-likeness (QED) is 0.856. The highest BCUT2D eigenvalue weighted by Gasteiger charge is 2.24. The number of nitrogens with one attached hydrogen (secondary N) is 1. The molecule has 1 atom stereocenters. The molecule has 0 saturated carbocycles. The molecule has 1 amide bonds. The first-order valence-corrected chi connectivity index (χ1v) is 6.75. The van der Waals surface area contributed by atoms with Crippen LogP contribution in [-0.4, -0.2) is 17.8 Å². The van der Waals surface area contributed by atoms with Crippen molar-refractivity contribution in [3.8, 4) is 5.75 Å². The molecule has 0 aliphatic carbocycles. The van der Waals surface area contributed by atoms with Gasteiger partial charge in [0.15, 0.2) is 16.5 Å². The topological polar surface area (TPSA) is 68.5 Å². The standard InChI is InChI=1S/C14H10BrNO4/c1-7-14(18)16-9-6-8(2-3-10(9)19-7)13(17)11-4-5-12(15)20-11/h2-7H,1H3,(H,16,18). The monoisotopic (exact) mass is 335 g/mol. The molecule has 2 aromatic rings. The zero-order valence-electron chi connectivity index (χ0n) is 10.5. The number of rotatable bonds is 2. The molecule has 2 heterocycles. The summed E-state index contributed by atoms with van der Waals surface area (Å²) in [7, 11) is 0. The SMILES string of the molecule is CC1Oc2ccc(C(=O)c3ccc(Br)o3)cc2NC1=O. The van der Waals surface area contributed by atoms with Crippen molar-refractivity contribution in [2.24, 2.45) is 0 Å². The molecule has 0 bridgehead atoms. The molecule has 3 rings (SSSR count). The summed E-state index contributed by atoms with van der Waals surface area (Å²) in [5.74, 6) is 0.289. The van der Waals surface area contributed by atoms with E-state index < -0.39 is 6.10 Å². The van der Waals surface area contributed by atoms with Gasteiger partial charge in [-0.25, -0.2) is 0 Å². The third-order valence-corrected chi connectivity index (χ3v) is 3.40. The molecule has 5 nitrogen and oxygen atoms in total. The highest BCUT2D eigenvalue weighted by Crippen LogP contribution is 2.31. The largest absolute Gasteiger partial charge is 0.479 e. The lowest BCUT2D eigenvalue weighted by atomic mass is 10.1. The third-order valence-electron chi connectivity index (χ3n) is 2.97. The number of carbonyl (C=O) groups excluding carboxylic acids is 2. The van der Waals surface area contributed by atoms with Gasteiger partial charge in [0.2, 0.25) is 5.78 Å². The average Bonchev–Trinajstić information content (AvgIpc) is 2.85. The van der Waals surface area contributed by atoms with Crippen LogP contribution in [-0.2, 0) is 4.79 Å². The zero-order chi connectivity index (χ0) is 14.3. The van der Waals surface area contributed by atoms with Crippen molar-refractivity contribution in [2.75, 3.05) is 5.32 Å². The van der Waals surface area contributed by atoms with E-state index in [1.54, 1.807) is 37.3 Å². The number of hydrogen-bond donors (Lipinski definition) is 1. The number of ether oxygens (including phenoxy) is 1. The summed E-state index contributed by atoms with van der Waals surface area (Å²) in [5, 5.41) is 2.71. The summed E-state index contributed by atoms with van der Waals surface area (Å²) in [6.07, 6.45) is -0.537. The van der Waals surface area contributed by atoms with Crippen LogP contribution in [0.1, 0.15) is 23.0 Å². The van der Waals surface area contributed by atoms with Crippen LogP contribution < -0.4 is 10.1 Å². The Hall–Kier alpha value is -2.08. The fourth-order valence-corrected chi connectivity index (χ4v) is 2.24. The van der Waals surface area contributed by atoms with Gasteiger partial charge in [0.25, 0.3) is 5.91 Å². The van der Waals surface area contributed by atoms with Crippen molar-refractivity contribution in [1.29, 1.82) is 0 Å². The van der Waals surface area contributed by atoms with Crippen LogP contribution in [0.2, 0.25) is 0 Å². The molecule has 0 saturated heterocycles. The highest BCUT2D eigenvalue weighted by molar-refractivity contribution is 9.10. The molecular formula is C14H10BrNO4. The number of hydrogen-bond acceptors (Lipinski definition) is 4. The van der Waals surface area contributed by atoms with Gasteiger partial charge in [0.05, 0.1) is 5.69 Å². The number of ketones is 1. The number of carbonyl (C=O) groups is 2. The van der Waals surface area contributed by atoms with Crippen LogP contribution in [0.25, 0.3) is 0 Å². The fraction of sp³-hybridized carbons (Fsp3) is 0.143. The first-order valence-electron chi connectivity index (χ1n) is 5.96. The van der Waals surface area contributed by atoms with Gasteiger partial charge in [0.1, 0.15) is 5.75 Å². The second-order valence-electron chi connectivity index (χ2n) is 4.39. The molecule has 102 valence electrons. The Kier molecular flexibility index (Phi) is 3.10. The minimum Gasteiger partial charge on any atom is -0.479 e. The molecule has 0 spiro atoms. The van der Waals surface area contributed by atoms with Crippen LogP contribution in [0.4, 0.5) is 5.69 Å². The molecule has 1 aromatic carbocycles. The van der Waals surface area contributed by atoms with E-state index in [0.717, 1.165) is 0 Å². The van der Waals surface area contributed by atoms with Gasteiger partial charge in [-0.05, 0) is 53.2 Å². The number of anilines is 1. The fourth-order valence-electron chi connectivity index (χ4n) is 1.93. The maximum atomic E-state index is 12.2. The van der Waals surface area contributed by atoms with E-state index in [4.69, 9.17) is 9.15 Å². The maximum absolute atomic E-state index is 12.2. The number of furan rings is 1. The van der Waals surface area contributed by atoms with Gasteiger partial charge < -0.3 is 14.5 Å². The first kappa shape index (κ1) is 12.9. The molecule has 6 heteroatoms. The van der Waals surface area contributed by atoms with Crippen molar-refractivity contribution in [2.45, 2.75) is 13.0 Å². The Bertz CT molecular complexity index is 707. The lowest BCUT2D eigenvalue weighted by Crippen LogP contribution is -2.34. The van der Waals surface area contributed by atoms with Gasteiger partial charge in [0, 0.05) is 5.56 Å². The second kappa shape index (κ2) is 4.79. The number of benzene rings is 1. The van der Waals surface area contributed by atoms with E-state index in [1.165, 1.54) is 0 Å². The van der Waals surface area contributed by atoms with Crippen LogP contribution in [0.5, 0.6) is 5.75 Å². The molecule has 1 N–H and O–H groups in total. The van der Waals surface area contributed by atoms with E-state index >= 15 is 0 Å². The Morgan fingerprint density at radius 3 is 2.80 bits per heavy atom. The molecule has 20 heavy (non-hydrogen) atoms. The van der Waals surface area contributed by atoms with E-state index in [2.05, 4.69) is 21.2 Å². The summed E-state index contributed by atoms with van der Waals surface area (Å²) in [6.45, 7) is 1.66. The molecule has 1 aliphatic rings. The van der Waals surface area contributed by atoms with E-state index in [-0.39, 0.29) is 17.5 Å². The Morgan fingerprint density at radius 2 is 2.10 bits per heavy atom. The lowest BCUT2D eigenvalue weighted by Gasteiger charge is -2.23. The Balaban J connectivity index is 1.95.